The Kier molecular flexibility index (Phi) is 4.79. The third-order valence-electron chi connectivity index (χ3n) is 1.99. The minimum absolute atomic E-state index is 0.205. The van der Waals surface area contributed by atoms with Gasteiger partial charge in [0.25, 0.3) is 0 Å². The minimum atomic E-state index is 0.205. The van der Waals surface area contributed by atoms with E-state index >= 15 is 0 Å². The average Bonchev–Trinajstić information content (AvgIpc) is 1.78. The molecule has 0 radical (unpaired) electrons. The van der Waals surface area contributed by atoms with E-state index in [9.17, 15) is 4.79 Å². The van der Waals surface area contributed by atoms with Gasteiger partial charge in [-0.2, -0.15) is 0 Å². The molecule has 0 heterocycles. The first-order chi connectivity index (χ1) is 6.12. The Morgan fingerprint density at radius 2 is 1.64 bits per heavy atom. The highest BCUT2D eigenvalue weighted by Gasteiger charge is 2.24. The molecule has 0 saturated carbocycles. The molecular weight excluding hydrogens is 174 g/mol. The Bertz CT molecular complexity index is 189. The van der Waals surface area contributed by atoms with E-state index in [1.807, 2.05) is 0 Å². The molecule has 14 heavy (non-hydrogen) atoms. The van der Waals surface area contributed by atoms with E-state index in [1.165, 1.54) is 0 Å². The minimum Gasteiger partial charge on any atom is -0.309 e. The smallest absolute Gasteiger partial charge is 0.143 e. The molecule has 0 fully saturated rings. The van der Waals surface area contributed by atoms with Crippen molar-refractivity contribution in [1.29, 1.82) is 0 Å². The van der Waals surface area contributed by atoms with Gasteiger partial charge in [0.15, 0.2) is 0 Å². The molecule has 2 heteroatoms. The number of hydrogen-bond acceptors (Lipinski definition) is 2. The molecule has 84 valence electrons. The van der Waals surface area contributed by atoms with Gasteiger partial charge in [-0.15, -0.1) is 0 Å². The lowest BCUT2D eigenvalue weighted by molar-refractivity contribution is -0.116. The lowest BCUT2D eigenvalue weighted by Gasteiger charge is -2.32. The molecule has 0 aromatic rings. The quantitative estimate of drug-likeness (QED) is 0.737. The summed E-state index contributed by atoms with van der Waals surface area (Å²) in [6, 6.07) is 0. The van der Waals surface area contributed by atoms with Crippen molar-refractivity contribution >= 4 is 5.78 Å². The SMILES string of the molecule is CC(=O)CNCC(C)(C)CC(C)(C)C. The summed E-state index contributed by atoms with van der Waals surface area (Å²) in [6.45, 7) is 14.2. The zero-order valence-corrected chi connectivity index (χ0v) is 10.5. The molecular formula is C12H25NO. The monoisotopic (exact) mass is 199 g/mol. The first-order valence-electron chi connectivity index (χ1n) is 5.33. The Balaban J connectivity index is 3.89. The highest BCUT2D eigenvalue weighted by molar-refractivity contribution is 5.77. The maximum absolute atomic E-state index is 10.8. The zero-order valence-electron chi connectivity index (χ0n) is 10.5. The summed E-state index contributed by atoms with van der Waals surface area (Å²) in [5, 5.41) is 3.20. The van der Waals surface area contributed by atoms with Crippen LogP contribution in [0.5, 0.6) is 0 Å². The fraction of sp³-hybridized carbons (Fsp3) is 0.917. The Morgan fingerprint density at radius 3 is 2.00 bits per heavy atom. The maximum atomic E-state index is 10.8. The van der Waals surface area contributed by atoms with Gasteiger partial charge in [-0.25, -0.2) is 0 Å². The van der Waals surface area contributed by atoms with Crippen molar-refractivity contribution in [2.75, 3.05) is 13.1 Å². The molecule has 2 nitrogen and oxygen atoms in total. The van der Waals surface area contributed by atoms with E-state index < -0.39 is 0 Å². The third kappa shape index (κ3) is 8.24. The highest BCUT2D eigenvalue weighted by Crippen LogP contribution is 2.32. The highest BCUT2D eigenvalue weighted by atomic mass is 16.1. The molecule has 1 N–H and O–H groups in total. The van der Waals surface area contributed by atoms with Crippen LogP contribution in [0.3, 0.4) is 0 Å². The lowest BCUT2D eigenvalue weighted by atomic mass is 9.76. The summed E-state index contributed by atoms with van der Waals surface area (Å²) in [5.41, 5.74) is 0.606. The summed E-state index contributed by atoms with van der Waals surface area (Å²) >= 11 is 0. The zero-order chi connectivity index (χ0) is 11.4. The van der Waals surface area contributed by atoms with Crippen LogP contribution in [0, 0.1) is 10.8 Å². The fourth-order valence-electron chi connectivity index (χ4n) is 2.08. The van der Waals surface area contributed by atoms with Crippen LogP contribution in [0.1, 0.15) is 48.0 Å². The van der Waals surface area contributed by atoms with Gasteiger partial charge in [0, 0.05) is 6.54 Å². The van der Waals surface area contributed by atoms with Gasteiger partial charge in [-0.1, -0.05) is 34.6 Å². The summed E-state index contributed by atoms with van der Waals surface area (Å²) in [4.78, 5) is 10.8. The average molecular weight is 199 g/mol. The van der Waals surface area contributed by atoms with Crippen LogP contribution in [-0.4, -0.2) is 18.9 Å². The van der Waals surface area contributed by atoms with Gasteiger partial charge in [0.2, 0.25) is 0 Å². The molecule has 0 aromatic heterocycles. The molecule has 0 unspecified atom stereocenters. The van der Waals surface area contributed by atoms with E-state index in [0.29, 0.717) is 12.0 Å². The number of Topliss-reactive ketones (excluding diaryl/α,β-unsaturated/α-hetero) is 1. The van der Waals surface area contributed by atoms with E-state index in [2.05, 4.69) is 39.9 Å². The predicted octanol–water partition coefficient (Wildman–Crippen LogP) is 2.63. The summed E-state index contributed by atoms with van der Waals surface area (Å²) < 4.78 is 0. The maximum Gasteiger partial charge on any atom is 0.143 e. The van der Waals surface area contributed by atoms with Crippen molar-refractivity contribution in [3.8, 4) is 0 Å². The normalized spacial score (nSPS) is 13.0. The second-order valence-electron chi connectivity index (χ2n) is 6.21. The van der Waals surface area contributed by atoms with Gasteiger partial charge in [0.1, 0.15) is 5.78 Å². The van der Waals surface area contributed by atoms with Crippen LogP contribution in [-0.2, 0) is 4.79 Å². The first-order valence-corrected chi connectivity index (χ1v) is 5.33. The molecule has 0 aliphatic heterocycles. The largest absolute Gasteiger partial charge is 0.309 e. The Labute approximate surface area is 88.5 Å². The molecule has 0 aliphatic carbocycles. The number of rotatable bonds is 5. The van der Waals surface area contributed by atoms with Crippen molar-refractivity contribution < 1.29 is 4.79 Å². The van der Waals surface area contributed by atoms with Gasteiger partial charge in [0.05, 0.1) is 6.54 Å². The third-order valence-corrected chi connectivity index (χ3v) is 1.99. The van der Waals surface area contributed by atoms with Gasteiger partial charge < -0.3 is 5.32 Å². The standard InChI is InChI=1S/C12H25NO/c1-10(14)7-13-9-12(5,6)8-11(2,3)4/h13H,7-9H2,1-6H3. The van der Waals surface area contributed by atoms with E-state index in [4.69, 9.17) is 0 Å². The van der Waals surface area contributed by atoms with Crippen molar-refractivity contribution in [2.45, 2.75) is 48.0 Å². The van der Waals surface area contributed by atoms with Gasteiger partial charge in [-0.05, 0) is 24.2 Å². The molecule has 0 amide bonds. The summed E-state index contributed by atoms with van der Waals surface area (Å²) in [5.74, 6) is 0.205. The van der Waals surface area contributed by atoms with Crippen LogP contribution in [0.4, 0.5) is 0 Å². The topological polar surface area (TPSA) is 29.1 Å². The second-order valence-corrected chi connectivity index (χ2v) is 6.21. The predicted molar refractivity (Wildman–Crippen MR) is 61.4 cm³/mol. The fourth-order valence-corrected chi connectivity index (χ4v) is 2.08. The summed E-state index contributed by atoms with van der Waals surface area (Å²) in [6.07, 6.45) is 1.16. The van der Waals surface area contributed by atoms with Gasteiger partial charge >= 0.3 is 0 Å². The van der Waals surface area contributed by atoms with Crippen molar-refractivity contribution in [3.05, 3.63) is 0 Å². The first kappa shape index (κ1) is 13.6. The molecule has 0 rings (SSSR count). The van der Waals surface area contributed by atoms with Crippen molar-refractivity contribution in [2.24, 2.45) is 10.8 Å². The molecule has 0 aromatic carbocycles. The Morgan fingerprint density at radius 1 is 1.14 bits per heavy atom. The van der Waals surface area contributed by atoms with Crippen LogP contribution < -0.4 is 5.32 Å². The summed E-state index contributed by atoms with van der Waals surface area (Å²) in [7, 11) is 0. The van der Waals surface area contributed by atoms with E-state index in [-0.39, 0.29) is 11.2 Å². The van der Waals surface area contributed by atoms with Gasteiger partial charge in [-0.3, -0.25) is 4.79 Å². The second kappa shape index (κ2) is 4.92. The number of carbonyl (C=O) groups is 1. The molecule has 0 atom stereocenters. The number of ketones is 1. The molecule has 0 saturated heterocycles. The molecule has 0 spiro atoms. The van der Waals surface area contributed by atoms with Crippen LogP contribution in [0.2, 0.25) is 0 Å². The number of hydrogen-bond donors (Lipinski definition) is 1. The van der Waals surface area contributed by atoms with Crippen molar-refractivity contribution in [3.63, 3.8) is 0 Å². The molecule has 0 aliphatic rings. The van der Waals surface area contributed by atoms with E-state index in [1.54, 1.807) is 6.92 Å². The Hall–Kier alpha value is -0.370. The number of carbonyl (C=O) groups excluding carboxylic acids is 1. The van der Waals surface area contributed by atoms with Crippen LogP contribution in [0.15, 0.2) is 0 Å². The van der Waals surface area contributed by atoms with Crippen molar-refractivity contribution in [1.82, 2.24) is 5.32 Å². The van der Waals surface area contributed by atoms with Crippen LogP contribution in [0.25, 0.3) is 0 Å². The lowest BCUT2D eigenvalue weighted by Crippen LogP contribution is -2.34. The number of nitrogens with one attached hydrogen (secondary N) is 1. The van der Waals surface area contributed by atoms with E-state index in [0.717, 1.165) is 13.0 Å². The molecule has 0 bridgehead atoms. The van der Waals surface area contributed by atoms with Crippen LogP contribution >= 0.6 is 0 Å².